The van der Waals surface area contributed by atoms with E-state index in [-0.39, 0.29) is 25.7 Å². The Labute approximate surface area is 562 Å². The fourth-order valence-electron chi connectivity index (χ4n) is 11.1. The quantitative estimate of drug-likeness (QED) is 0.0222. The van der Waals surface area contributed by atoms with Crippen molar-refractivity contribution in [3.63, 3.8) is 0 Å². The number of aliphatic hydroxyl groups excluding tert-OH is 1. The third-order valence-electron chi connectivity index (χ3n) is 17.0. The van der Waals surface area contributed by atoms with Gasteiger partial charge in [0.2, 0.25) is 0 Å². The van der Waals surface area contributed by atoms with Crippen molar-refractivity contribution in [3.8, 4) is 0 Å². The Bertz CT molecular complexity index is 1790. The second-order valence-electron chi connectivity index (χ2n) is 27.3. The minimum atomic E-state index is -4.95. The van der Waals surface area contributed by atoms with Crippen molar-refractivity contribution < 1.29 is 80.2 Å². The molecule has 0 aromatic rings. The van der Waals surface area contributed by atoms with Crippen LogP contribution in [-0.2, 0) is 65.4 Å². The second kappa shape index (κ2) is 65.0. The first kappa shape index (κ1) is 90.1. The molecule has 0 rings (SSSR count). The first-order chi connectivity index (χ1) is 44.4. The molecule has 0 spiro atoms. The van der Waals surface area contributed by atoms with Crippen molar-refractivity contribution in [2.24, 2.45) is 11.8 Å². The van der Waals surface area contributed by atoms with Crippen molar-refractivity contribution >= 4 is 39.5 Å². The van der Waals surface area contributed by atoms with Crippen molar-refractivity contribution in [2.75, 3.05) is 39.6 Å². The summed E-state index contributed by atoms with van der Waals surface area (Å²) >= 11 is 0. The summed E-state index contributed by atoms with van der Waals surface area (Å²) < 4.78 is 68.4. The summed E-state index contributed by atoms with van der Waals surface area (Å²) in [5.74, 6) is -0.638. The predicted molar refractivity (Wildman–Crippen MR) is 372 cm³/mol. The zero-order chi connectivity index (χ0) is 67.9. The third-order valence-corrected chi connectivity index (χ3v) is 18.9. The molecule has 2 unspecified atom stereocenters. The van der Waals surface area contributed by atoms with Crippen LogP contribution in [0.5, 0.6) is 0 Å². The lowest BCUT2D eigenvalue weighted by molar-refractivity contribution is -0.161. The van der Waals surface area contributed by atoms with Crippen molar-refractivity contribution in [2.45, 2.75) is 394 Å². The standard InChI is InChI=1S/C73H142O17P2/c1-7-9-11-13-15-17-19-20-25-29-32-36-43-49-55-70(75)83-61-68(89-73(78)58-52-46-38-34-30-26-23-21-22-24-28-31-35-41-47-53-65(3)4)63-87-91(79,80)85-59-67(74)60-86-92(81,82)88-64-69(62-84-71(76)56-50-44-40-39-42-48-54-66(5)6)90-72(77)57-51-45-37-33-27-18-16-14-12-10-8-2/h65-69,74H,7-64H2,1-6H3,(H,79,80)(H,81,82)/t67-,68-,69-/m1/s1. The molecule has 0 bridgehead atoms. The van der Waals surface area contributed by atoms with Gasteiger partial charge in [0.15, 0.2) is 12.2 Å². The summed E-state index contributed by atoms with van der Waals surface area (Å²) in [6, 6.07) is 0. The Hall–Kier alpha value is -1.94. The number of carbonyl (C=O) groups is 4. The van der Waals surface area contributed by atoms with Crippen LogP contribution in [0.1, 0.15) is 375 Å². The van der Waals surface area contributed by atoms with E-state index in [1.54, 1.807) is 0 Å². The molecule has 0 saturated carbocycles. The van der Waals surface area contributed by atoms with E-state index >= 15 is 0 Å². The van der Waals surface area contributed by atoms with E-state index < -0.39 is 97.5 Å². The molecule has 19 heteroatoms. The van der Waals surface area contributed by atoms with E-state index in [0.29, 0.717) is 31.6 Å². The number of phosphoric ester groups is 2. The summed E-state index contributed by atoms with van der Waals surface area (Å²) in [6.07, 6.45) is 51.4. The van der Waals surface area contributed by atoms with Crippen LogP contribution in [0.3, 0.4) is 0 Å². The number of hydrogen-bond acceptors (Lipinski definition) is 15. The Balaban J connectivity index is 5.22. The highest BCUT2D eigenvalue weighted by Gasteiger charge is 2.30. The fraction of sp³-hybridized carbons (Fsp3) is 0.945. The number of ether oxygens (including phenoxy) is 4. The average molecular weight is 1350 g/mol. The van der Waals surface area contributed by atoms with Gasteiger partial charge >= 0.3 is 39.5 Å². The van der Waals surface area contributed by atoms with Crippen molar-refractivity contribution in [3.05, 3.63) is 0 Å². The van der Waals surface area contributed by atoms with E-state index in [2.05, 4.69) is 41.5 Å². The first-order valence-corrected chi connectivity index (χ1v) is 41.0. The van der Waals surface area contributed by atoms with Gasteiger partial charge in [0.1, 0.15) is 19.3 Å². The molecule has 3 N–H and O–H groups in total. The SMILES string of the molecule is CCCCCCCCCCCCCCCCC(=O)OC[C@H](COP(=O)(O)OC[C@@H](O)COP(=O)(O)OC[C@@H](COC(=O)CCCCCCCCC(C)C)OC(=O)CCCCCCCCCCCCC)OC(=O)CCCCCCCCCCCCCCCCCC(C)C. The summed E-state index contributed by atoms with van der Waals surface area (Å²) in [5, 5.41) is 10.6. The molecule has 0 aromatic carbocycles. The normalized spacial score (nSPS) is 14.1. The van der Waals surface area contributed by atoms with E-state index in [9.17, 15) is 43.2 Å². The molecule has 0 radical (unpaired) electrons. The average Bonchev–Trinajstić information content (AvgIpc) is 1.51. The largest absolute Gasteiger partial charge is 0.472 e. The van der Waals surface area contributed by atoms with Gasteiger partial charge in [-0.2, -0.15) is 0 Å². The van der Waals surface area contributed by atoms with Gasteiger partial charge in [-0.3, -0.25) is 37.3 Å². The Morgan fingerprint density at radius 3 is 0.739 bits per heavy atom. The lowest BCUT2D eigenvalue weighted by Crippen LogP contribution is -2.30. The monoisotopic (exact) mass is 1350 g/mol. The van der Waals surface area contributed by atoms with Gasteiger partial charge in [-0.05, 0) is 37.5 Å². The van der Waals surface area contributed by atoms with Crippen LogP contribution < -0.4 is 0 Å². The van der Waals surface area contributed by atoms with Crippen LogP contribution in [0.15, 0.2) is 0 Å². The van der Waals surface area contributed by atoms with Gasteiger partial charge in [-0.1, -0.05) is 324 Å². The van der Waals surface area contributed by atoms with Gasteiger partial charge in [0.05, 0.1) is 26.4 Å². The molecule has 5 atom stereocenters. The molecule has 0 amide bonds. The maximum atomic E-state index is 13.1. The van der Waals surface area contributed by atoms with E-state index in [4.69, 9.17) is 37.0 Å². The zero-order valence-corrected chi connectivity index (χ0v) is 61.6. The van der Waals surface area contributed by atoms with Crippen molar-refractivity contribution in [1.29, 1.82) is 0 Å². The minimum Gasteiger partial charge on any atom is -0.462 e. The predicted octanol–water partition coefficient (Wildman–Crippen LogP) is 21.2. The minimum absolute atomic E-state index is 0.106. The molecule has 0 aliphatic heterocycles. The Kier molecular flexibility index (Phi) is 63.7. The molecule has 17 nitrogen and oxygen atoms in total. The Morgan fingerprint density at radius 1 is 0.293 bits per heavy atom. The van der Waals surface area contributed by atoms with Gasteiger partial charge in [-0.25, -0.2) is 9.13 Å². The van der Waals surface area contributed by atoms with Crippen LogP contribution in [0.4, 0.5) is 0 Å². The van der Waals surface area contributed by atoms with Crippen LogP contribution in [0, 0.1) is 11.8 Å². The summed E-state index contributed by atoms with van der Waals surface area (Å²) in [6.45, 7) is 9.52. The topological polar surface area (TPSA) is 237 Å². The van der Waals surface area contributed by atoms with Crippen LogP contribution in [-0.4, -0.2) is 96.7 Å². The molecule has 0 fully saturated rings. The molecule has 0 aliphatic carbocycles. The molecule has 0 aliphatic rings. The summed E-state index contributed by atoms with van der Waals surface area (Å²) in [7, 11) is -9.90. The van der Waals surface area contributed by atoms with Gasteiger partial charge in [0, 0.05) is 25.7 Å². The summed E-state index contributed by atoms with van der Waals surface area (Å²) in [5.41, 5.74) is 0. The van der Waals surface area contributed by atoms with Gasteiger partial charge in [0.25, 0.3) is 0 Å². The molecular formula is C73H142O17P2. The van der Waals surface area contributed by atoms with Crippen molar-refractivity contribution in [1.82, 2.24) is 0 Å². The lowest BCUT2D eigenvalue weighted by atomic mass is 10.0. The molecule has 0 aromatic heterocycles. The molecule has 546 valence electrons. The number of carbonyl (C=O) groups excluding carboxylic acids is 4. The van der Waals surface area contributed by atoms with E-state index in [1.807, 2.05) is 0 Å². The van der Waals surface area contributed by atoms with Gasteiger partial charge < -0.3 is 33.8 Å². The number of aliphatic hydroxyl groups is 1. The molecule has 92 heavy (non-hydrogen) atoms. The molecule has 0 saturated heterocycles. The highest BCUT2D eigenvalue weighted by molar-refractivity contribution is 7.47. The number of phosphoric acid groups is 2. The molecular weight excluding hydrogens is 1210 g/mol. The highest BCUT2D eigenvalue weighted by Crippen LogP contribution is 2.45. The number of rotatable bonds is 72. The molecule has 0 heterocycles. The number of esters is 4. The zero-order valence-electron chi connectivity index (χ0n) is 59.9. The highest BCUT2D eigenvalue weighted by atomic mass is 31.2. The first-order valence-electron chi connectivity index (χ1n) is 38.0. The second-order valence-corrected chi connectivity index (χ2v) is 30.2. The fourth-order valence-corrected chi connectivity index (χ4v) is 12.7. The van der Waals surface area contributed by atoms with Crippen LogP contribution in [0.25, 0.3) is 0 Å². The Morgan fingerprint density at radius 2 is 0.500 bits per heavy atom. The summed E-state index contributed by atoms with van der Waals surface area (Å²) in [4.78, 5) is 72.6. The lowest BCUT2D eigenvalue weighted by Gasteiger charge is -2.21. The maximum absolute atomic E-state index is 13.1. The third kappa shape index (κ3) is 66.7. The van der Waals surface area contributed by atoms with E-state index in [1.165, 1.54) is 186 Å². The maximum Gasteiger partial charge on any atom is 0.472 e. The van der Waals surface area contributed by atoms with Crippen LogP contribution in [0.2, 0.25) is 0 Å². The number of unbranched alkanes of at least 4 members (excludes halogenated alkanes) is 42. The van der Waals surface area contributed by atoms with E-state index in [0.717, 1.165) is 102 Å². The van der Waals surface area contributed by atoms with Gasteiger partial charge in [-0.15, -0.1) is 0 Å². The van der Waals surface area contributed by atoms with Crippen LogP contribution >= 0.6 is 15.6 Å². The smallest absolute Gasteiger partial charge is 0.462 e. The number of hydrogen-bond donors (Lipinski definition) is 3.